The summed E-state index contributed by atoms with van der Waals surface area (Å²) in [4.78, 5) is 20.2. The quantitative estimate of drug-likeness (QED) is 0.411. The summed E-state index contributed by atoms with van der Waals surface area (Å²) in [5, 5.41) is 8.79. The molecule has 174 valence electrons. The van der Waals surface area contributed by atoms with Gasteiger partial charge in [0.15, 0.2) is 5.69 Å². The number of halogens is 4. The number of amides is 1. The molecule has 0 radical (unpaired) electrons. The molecule has 1 amide bonds. The van der Waals surface area contributed by atoms with E-state index in [1.807, 2.05) is 0 Å². The number of hydrogen-bond donors (Lipinski definition) is 2. The summed E-state index contributed by atoms with van der Waals surface area (Å²) < 4.78 is 78.6. The molecule has 2 aromatic heterocycles. The van der Waals surface area contributed by atoms with E-state index in [4.69, 9.17) is 9.52 Å². The molecule has 0 saturated carbocycles. The second kappa shape index (κ2) is 8.69. The first-order valence-corrected chi connectivity index (χ1v) is 11.0. The molecule has 0 saturated heterocycles. The third kappa shape index (κ3) is 5.39. The molecule has 0 spiro atoms. The van der Waals surface area contributed by atoms with Crippen LogP contribution in [-0.2, 0) is 15.9 Å². The van der Waals surface area contributed by atoms with E-state index in [0.29, 0.717) is 0 Å². The Morgan fingerprint density at radius 2 is 1.91 bits per heavy atom. The molecule has 0 aliphatic heterocycles. The Hall–Kier alpha value is -3.68. The van der Waals surface area contributed by atoms with Gasteiger partial charge in [0.25, 0.3) is 11.8 Å². The summed E-state index contributed by atoms with van der Waals surface area (Å²) in [7, 11) is -3.12. The zero-order valence-corrected chi connectivity index (χ0v) is 18.1. The Morgan fingerprint density at radius 3 is 2.52 bits per heavy atom. The molecule has 3 aromatic rings. The van der Waals surface area contributed by atoms with Gasteiger partial charge < -0.3 is 10.1 Å². The van der Waals surface area contributed by atoms with Crippen molar-refractivity contribution in [2.24, 2.45) is 0 Å². The van der Waals surface area contributed by atoms with Gasteiger partial charge in [0.05, 0.1) is 9.73 Å². The predicted octanol–water partition coefficient (Wildman–Crippen LogP) is 4.12. The van der Waals surface area contributed by atoms with Crippen LogP contribution in [0, 0.1) is 24.6 Å². The standard InChI is InChI=1S/C19H16F4N6O3S/c1-9-8-25-18(27-15(9)20)32-17-13(10(2)14(28-29-17)19(21,22)23)16(30)26-11-5-4-6-12(7-11)33(3,24)31/h4-8,24H,1-3H3,(H,26,30). The van der Waals surface area contributed by atoms with E-state index >= 15 is 0 Å². The highest BCUT2D eigenvalue weighted by Crippen LogP contribution is 2.34. The summed E-state index contributed by atoms with van der Waals surface area (Å²) in [6.45, 7) is 2.38. The van der Waals surface area contributed by atoms with E-state index in [-0.39, 0.29) is 16.1 Å². The van der Waals surface area contributed by atoms with Gasteiger partial charge in [-0.2, -0.15) is 22.5 Å². The maximum Gasteiger partial charge on any atom is 0.435 e. The molecule has 0 bridgehead atoms. The zero-order valence-electron chi connectivity index (χ0n) is 17.3. The number of ether oxygens (including phenoxy) is 1. The van der Waals surface area contributed by atoms with E-state index in [0.717, 1.165) is 13.1 Å². The highest BCUT2D eigenvalue weighted by Gasteiger charge is 2.38. The Kier molecular flexibility index (Phi) is 6.31. The molecular formula is C19H16F4N6O3S. The number of alkyl halides is 3. The van der Waals surface area contributed by atoms with Gasteiger partial charge in [-0.1, -0.05) is 6.07 Å². The summed E-state index contributed by atoms with van der Waals surface area (Å²) in [6, 6.07) is 4.87. The first kappa shape index (κ1) is 24.0. The molecule has 1 aromatic carbocycles. The third-order valence-electron chi connectivity index (χ3n) is 4.30. The Labute approximate surface area is 185 Å². The highest BCUT2D eigenvalue weighted by molar-refractivity contribution is 7.91. The molecule has 1 atom stereocenters. The predicted molar refractivity (Wildman–Crippen MR) is 108 cm³/mol. The fraction of sp³-hybridized carbons (Fsp3) is 0.211. The van der Waals surface area contributed by atoms with E-state index in [1.165, 1.54) is 37.4 Å². The Balaban J connectivity index is 2.07. The molecule has 9 nitrogen and oxygen atoms in total. The smallest absolute Gasteiger partial charge is 0.403 e. The SMILES string of the molecule is Cc1cnc(Oc2nnc(C(F)(F)F)c(C)c2C(=O)Nc2cccc(S(C)(=N)=O)c2)nc1F. The van der Waals surface area contributed by atoms with Crippen LogP contribution in [0.3, 0.4) is 0 Å². The maximum absolute atomic E-state index is 13.7. The van der Waals surface area contributed by atoms with Crippen molar-refractivity contribution >= 4 is 21.3 Å². The minimum absolute atomic E-state index is 0.0627. The number of aromatic nitrogens is 4. The molecule has 0 aliphatic rings. The molecule has 0 aliphatic carbocycles. The molecule has 0 fully saturated rings. The Bertz CT molecular complexity index is 1350. The van der Waals surface area contributed by atoms with Gasteiger partial charge in [-0.05, 0) is 37.6 Å². The van der Waals surface area contributed by atoms with Crippen molar-refractivity contribution in [1.82, 2.24) is 20.2 Å². The maximum atomic E-state index is 13.7. The zero-order chi connectivity index (χ0) is 24.6. The minimum atomic E-state index is -4.92. The summed E-state index contributed by atoms with van der Waals surface area (Å²) in [5.41, 5.74) is -2.51. The van der Waals surface area contributed by atoms with Crippen molar-refractivity contribution in [3.8, 4) is 11.9 Å². The number of aryl methyl sites for hydroxylation is 1. The van der Waals surface area contributed by atoms with Crippen LogP contribution in [0.1, 0.15) is 27.2 Å². The molecule has 2 heterocycles. The molecule has 1 unspecified atom stereocenters. The molecule has 33 heavy (non-hydrogen) atoms. The van der Waals surface area contributed by atoms with Crippen molar-refractivity contribution in [2.45, 2.75) is 24.9 Å². The third-order valence-corrected chi connectivity index (χ3v) is 5.45. The normalized spacial score (nSPS) is 13.3. The van der Waals surface area contributed by atoms with Gasteiger partial charge in [0.1, 0.15) is 5.56 Å². The number of rotatable bonds is 5. The number of benzene rings is 1. The average molecular weight is 484 g/mol. The van der Waals surface area contributed by atoms with Crippen LogP contribution in [0.4, 0.5) is 23.2 Å². The van der Waals surface area contributed by atoms with Crippen LogP contribution >= 0.6 is 0 Å². The van der Waals surface area contributed by atoms with Crippen LogP contribution in [0.2, 0.25) is 0 Å². The number of nitrogens with one attached hydrogen (secondary N) is 2. The van der Waals surface area contributed by atoms with Crippen molar-refractivity contribution in [2.75, 3.05) is 11.6 Å². The fourth-order valence-electron chi connectivity index (χ4n) is 2.66. The van der Waals surface area contributed by atoms with Crippen molar-refractivity contribution in [3.63, 3.8) is 0 Å². The number of carbonyl (C=O) groups is 1. The second-order valence-corrected chi connectivity index (χ2v) is 9.06. The topological polar surface area (TPSA) is 131 Å². The number of hydrogen-bond acceptors (Lipinski definition) is 8. The molecule has 2 N–H and O–H groups in total. The van der Waals surface area contributed by atoms with Crippen LogP contribution in [0.5, 0.6) is 11.9 Å². The molecule has 3 rings (SSSR count). The molecule has 14 heteroatoms. The van der Waals surface area contributed by atoms with E-state index in [1.54, 1.807) is 0 Å². The largest absolute Gasteiger partial charge is 0.435 e. The number of nitrogens with zero attached hydrogens (tertiary/aromatic N) is 4. The first-order valence-electron chi connectivity index (χ1n) is 9.04. The lowest BCUT2D eigenvalue weighted by molar-refractivity contribution is -0.142. The van der Waals surface area contributed by atoms with Crippen LogP contribution in [0.15, 0.2) is 35.4 Å². The van der Waals surface area contributed by atoms with Crippen LogP contribution in [0.25, 0.3) is 0 Å². The van der Waals surface area contributed by atoms with Crippen LogP contribution < -0.4 is 10.1 Å². The number of carbonyl (C=O) groups excluding carboxylic acids is 1. The van der Waals surface area contributed by atoms with Gasteiger partial charge in [-0.25, -0.2) is 14.0 Å². The number of anilines is 1. The van der Waals surface area contributed by atoms with E-state index < -0.39 is 56.5 Å². The lowest BCUT2D eigenvalue weighted by Gasteiger charge is -2.15. The average Bonchev–Trinajstić information content (AvgIpc) is 2.69. The van der Waals surface area contributed by atoms with E-state index in [9.17, 15) is 26.6 Å². The summed E-state index contributed by atoms with van der Waals surface area (Å²) >= 11 is 0. The van der Waals surface area contributed by atoms with Crippen molar-refractivity contribution < 1.29 is 31.3 Å². The van der Waals surface area contributed by atoms with Gasteiger partial charge >= 0.3 is 12.2 Å². The lowest BCUT2D eigenvalue weighted by Crippen LogP contribution is -2.21. The van der Waals surface area contributed by atoms with Crippen molar-refractivity contribution in [1.29, 1.82) is 4.78 Å². The monoisotopic (exact) mass is 484 g/mol. The van der Waals surface area contributed by atoms with Crippen LogP contribution in [-0.4, -0.2) is 36.5 Å². The highest BCUT2D eigenvalue weighted by atomic mass is 32.2. The minimum Gasteiger partial charge on any atom is -0.403 e. The van der Waals surface area contributed by atoms with Gasteiger partial charge in [-0.15, -0.1) is 10.2 Å². The lowest BCUT2D eigenvalue weighted by atomic mass is 10.1. The molecular weight excluding hydrogens is 468 g/mol. The summed E-state index contributed by atoms with van der Waals surface area (Å²) in [6.07, 6.45) is -2.67. The fourth-order valence-corrected chi connectivity index (χ4v) is 3.35. The summed E-state index contributed by atoms with van der Waals surface area (Å²) in [5.74, 6) is -2.68. The van der Waals surface area contributed by atoms with Gasteiger partial charge in [-0.3, -0.25) is 4.79 Å². The Morgan fingerprint density at radius 1 is 1.21 bits per heavy atom. The van der Waals surface area contributed by atoms with Gasteiger partial charge in [0, 0.05) is 28.6 Å². The second-order valence-electron chi connectivity index (χ2n) is 6.91. The van der Waals surface area contributed by atoms with Crippen molar-refractivity contribution in [3.05, 3.63) is 58.8 Å². The van der Waals surface area contributed by atoms with Gasteiger partial charge in [0.2, 0.25) is 5.95 Å². The van der Waals surface area contributed by atoms with E-state index in [2.05, 4.69) is 25.5 Å². The first-order chi connectivity index (χ1) is 15.3.